The van der Waals surface area contributed by atoms with Crippen molar-refractivity contribution >= 4 is 35.0 Å². The van der Waals surface area contributed by atoms with Gasteiger partial charge in [-0.2, -0.15) is 0 Å². The molecule has 1 aliphatic heterocycles. The molecule has 2 amide bonds. The van der Waals surface area contributed by atoms with E-state index in [-0.39, 0.29) is 23.0 Å². The van der Waals surface area contributed by atoms with Gasteiger partial charge in [-0.1, -0.05) is 36.4 Å². The highest BCUT2D eigenvalue weighted by Gasteiger charge is 2.34. The number of nitrogens with one attached hydrogen (secondary N) is 1. The number of hydrogen-bond donors (Lipinski definition) is 1. The molecule has 0 bridgehead atoms. The predicted octanol–water partition coefficient (Wildman–Crippen LogP) is 4.86. The van der Waals surface area contributed by atoms with Crippen LogP contribution < -0.4 is 10.2 Å². The predicted molar refractivity (Wildman–Crippen MR) is 110 cm³/mol. The van der Waals surface area contributed by atoms with E-state index in [2.05, 4.69) is 5.32 Å². The number of rotatable bonds is 4. The first-order valence-electron chi connectivity index (χ1n) is 8.77. The summed E-state index contributed by atoms with van der Waals surface area (Å²) in [6, 6.07) is 22.4. The lowest BCUT2D eigenvalue weighted by atomic mass is 10.1. The van der Waals surface area contributed by atoms with Crippen LogP contribution in [-0.2, 0) is 4.79 Å². The minimum Gasteiger partial charge on any atom is -0.322 e. The molecule has 0 aliphatic carbocycles. The van der Waals surface area contributed by atoms with Gasteiger partial charge in [0, 0.05) is 16.9 Å². The van der Waals surface area contributed by atoms with Crippen molar-refractivity contribution in [2.75, 3.05) is 16.0 Å². The Morgan fingerprint density at radius 3 is 2.46 bits per heavy atom. The maximum atomic E-state index is 13.6. The summed E-state index contributed by atoms with van der Waals surface area (Å²) in [6.07, 6.45) is 0. The van der Waals surface area contributed by atoms with Crippen LogP contribution in [0, 0.1) is 5.82 Å². The molecule has 3 aromatic carbocycles. The third-order valence-corrected chi connectivity index (χ3v) is 5.66. The number of thioether (sulfide) groups is 1. The molecule has 4 rings (SSSR count). The molecule has 1 saturated heterocycles. The summed E-state index contributed by atoms with van der Waals surface area (Å²) in [4.78, 5) is 26.2. The van der Waals surface area contributed by atoms with Crippen molar-refractivity contribution in [3.05, 3.63) is 95.8 Å². The number of amides is 2. The van der Waals surface area contributed by atoms with Gasteiger partial charge >= 0.3 is 0 Å². The van der Waals surface area contributed by atoms with E-state index < -0.39 is 0 Å². The van der Waals surface area contributed by atoms with Crippen molar-refractivity contribution in [3.8, 4) is 0 Å². The number of anilines is 2. The van der Waals surface area contributed by atoms with E-state index in [0.717, 1.165) is 5.56 Å². The van der Waals surface area contributed by atoms with E-state index in [0.29, 0.717) is 22.7 Å². The average molecular weight is 392 g/mol. The van der Waals surface area contributed by atoms with E-state index in [1.54, 1.807) is 29.2 Å². The van der Waals surface area contributed by atoms with Gasteiger partial charge in [0.05, 0.1) is 5.75 Å². The van der Waals surface area contributed by atoms with Crippen molar-refractivity contribution < 1.29 is 14.0 Å². The van der Waals surface area contributed by atoms with Gasteiger partial charge in [0.2, 0.25) is 5.91 Å². The largest absolute Gasteiger partial charge is 0.322 e. The number of halogens is 1. The van der Waals surface area contributed by atoms with Gasteiger partial charge in [-0.15, -0.1) is 11.8 Å². The highest BCUT2D eigenvalue weighted by atomic mass is 32.2. The summed E-state index contributed by atoms with van der Waals surface area (Å²) in [7, 11) is 0. The Kier molecular flexibility index (Phi) is 5.12. The summed E-state index contributed by atoms with van der Waals surface area (Å²) < 4.78 is 13.6. The molecule has 1 N–H and O–H groups in total. The van der Waals surface area contributed by atoms with E-state index in [1.165, 1.54) is 23.9 Å². The van der Waals surface area contributed by atoms with E-state index in [9.17, 15) is 14.0 Å². The number of hydrogen-bond acceptors (Lipinski definition) is 3. The second-order valence-electron chi connectivity index (χ2n) is 6.35. The van der Waals surface area contributed by atoms with Gasteiger partial charge in [-0.25, -0.2) is 4.39 Å². The Labute approximate surface area is 166 Å². The second-order valence-corrected chi connectivity index (χ2v) is 7.42. The summed E-state index contributed by atoms with van der Waals surface area (Å²) in [5, 5.41) is 2.63. The highest BCUT2D eigenvalue weighted by molar-refractivity contribution is 8.00. The van der Waals surface area contributed by atoms with E-state index in [4.69, 9.17) is 0 Å². The molecule has 6 heteroatoms. The lowest BCUT2D eigenvalue weighted by Gasteiger charge is -2.24. The van der Waals surface area contributed by atoms with Gasteiger partial charge in [0.15, 0.2) is 0 Å². The highest BCUT2D eigenvalue weighted by Crippen LogP contribution is 2.42. The minimum atomic E-state index is -0.375. The third kappa shape index (κ3) is 3.77. The van der Waals surface area contributed by atoms with Crippen LogP contribution in [0.1, 0.15) is 21.3 Å². The molecule has 4 nitrogen and oxygen atoms in total. The maximum Gasteiger partial charge on any atom is 0.255 e. The quantitative estimate of drug-likeness (QED) is 0.690. The van der Waals surface area contributed by atoms with E-state index >= 15 is 0 Å². The topological polar surface area (TPSA) is 49.4 Å². The summed E-state index contributed by atoms with van der Waals surface area (Å²) in [5.41, 5.74) is 2.71. The monoisotopic (exact) mass is 392 g/mol. The van der Waals surface area contributed by atoms with Crippen LogP contribution in [0.2, 0.25) is 0 Å². The van der Waals surface area contributed by atoms with Crippen LogP contribution in [0.5, 0.6) is 0 Å². The molecule has 0 unspecified atom stereocenters. The molecular formula is C22H17FN2O2S. The molecule has 1 atom stereocenters. The lowest BCUT2D eigenvalue weighted by Crippen LogP contribution is -2.27. The standard InChI is InChI=1S/C22H17FN2O2S/c23-17-7-4-8-19(13-17)25-20(26)14-28-22(25)16-9-11-18(12-10-16)24-21(27)15-5-2-1-3-6-15/h1-13,22H,14H2,(H,24,27)/t22-/m0/s1. The SMILES string of the molecule is O=C(Nc1ccc([C@@H]2SCC(=O)N2c2cccc(F)c2)cc1)c1ccccc1. The van der Waals surface area contributed by atoms with Crippen LogP contribution in [-0.4, -0.2) is 17.6 Å². The van der Waals surface area contributed by atoms with Crippen LogP contribution >= 0.6 is 11.8 Å². The molecule has 1 aliphatic rings. The Morgan fingerprint density at radius 2 is 1.75 bits per heavy atom. The van der Waals surface area contributed by atoms with Gasteiger partial charge < -0.3 is 5.32 Å². The average Bonchev–Trinajstić information content (AvgIpc) is 3.10. The smallest absolute Gasteiger partial charge is 0.255 e. The van der Waals surface area contributed by atoms with Crippen molar-refractivity contribution in [2.24, 2.45) is 0 Å². The fourth-order valence-electron chi connectivity index (χ4n) is 3.10. The maximum absolute atomic E-state index is 13.6. The normalized spacial score (nSPS) is 16.2. The van der Waals surface area contributed by atoms with Gasteiger partial charge in [-0.05, 0) is 48.0 Å². The molecule has 1 fully saturated rings. The van der Waals surface area contributed by atoms with Crippen molar-refractivity contribution in [2.45, 2.75) is 5.37 Å². The third-order valence-electron chi connectivity index (χ3n) is 4.44. The Hall–Kier alpha value is -3.12. The zero-order chi connectivity index (χ0) is 19.5. The van der Waals surface area contributed by atoms with Crippen LogP contribution in [0.3, 0.4) is 0 Å². The first-order chi connectivity index (χ1) is 13.6. The van der Waals surface area contributed by atoms with E-state index in [1.807, 2.05) is 42.5 Å². The number of nitrogens with zero attached hydrogens (tertiary/aromatic N) is 1. The Morgan fingerprint density at radius 1 is 1.00 bits per heavy atom. The summed E-state index contributed by atoms with van der Waals surface area (Å²) >= 11 is 1.50. The zero-order valence-corrected chi connectivity index (χ0v) is 15.7. The molecule has 3 aromatic rings. The van der Waals surface area contributed by atoms with Crippen LogP contribution in [0.15, 0.2) is 78.9 Å². The van der Waals surface area contributed by atoms with Gasteiger partial charge in [0.25, 0.3) is 5.91 Å². The van der Waals surface area contributed by atoms with Gasteiger partial charge in [0.1, 0.15) is 11.2 Å². The first-order valence-corrected chi connectivity index (χ1v) is 9.82. The minimum absolute atomic E-state index is 0.0537. The Balaban J connectivity index is 1.53. The molecule has 28 heavy (non-hydrogen) atoms. The van der Waals surface area contributed by atoms with Crippen LogP contribution in [0.4, 0.5) is 15.8 Å². The summed E-state index contributed by atoms with van der Waals surface area (Å²) in [5.74, 6) is -0.268. The van der Waals surface area contributed by atoms with Crippen molar-refractivity contribution in [1.82, 2.24) is 0 Å². The molecule has 140 valence electrons. The molecule has 1 heterocycles. The molecule has 0 radical (unpaired) electrons. The fourth-order valence-corrected chi connectivity index (χ4v) is 4.28. The molecule has 0 saturated carbocycles. The Bertz CT molecular complexity index is 1010. The van der Waals surface area contributed by atoms with Crippen molar-refractivity contribution in [3.63, 3.8) is 0 Å². The molecule has 0 spiro atoms. The van der Waals surface area contributed by atoms with Crippen molar-refractivity contribution in [1.29, 1.82) is 0 Å². The van der Waals surface area contributed by atoms with Gasteiger partial charge in [-0.3, -0.25) is 14.5 Å². The molecular weight excluding hydrogens is 375 g/mol. The lowest BCUT2D eigenvalue weighted by molar-refractivity contribution is -0.115. The first kappa shape index (κ1) is 18.3. The molecule has 0 aromatic heterocycles. The van der Waals surface area contributed by atoms with Crippen LogP contribution in [0.25, 0.3) is 0 Å². The number of carbonyl (C=O) groups is 2. The second kappa shape index (κ2) is 7.86. The number of benzene rings is 3. The summed E-state index contributed by atoms with van der Waals surface area (Å²) in [6.45, 7) is 0. The fraction of sp³-hybridized carbons (Fsp3) is 0.0909. The zero-order valence-electron chi connectivity index (χ0n) is 14.8. The number of carbonyl (C=O) groups excluding carboxylic acids is 2.